The number of hydroxylamine groups is 2. The molecule has 1 saturated heterocycles. The molecule has 0 aromatic heterocycles. The van der Waals surface area contributed by atoms with E-state index in [2.05, 4.69) is 0 Å². The zero-order valence-corrected chi connectivity index (χ0v) is 5.52. The lowest BCUT2D eigenvalue weighted by atomic mass is 10.1. The fourth-order valence-electron chi connectivity index (χ4n) is 0.942. The molecule has 1 heterocycles. The van der Waals surface area contributed by atoms with Gasteiger partial charge in [-0.1, -0.05) is 0 Å². The second-order valence-electron chi connectivity index (χ2n) is 2.47. The monoisotopic (exact) mass is 168 g/mol. The molecule has 0 radical (unpaired) electrons. The van der Waals surface area contributed by atoms with Crippen molar-refractivity contribution in [2.75, 3.05) is 6.54 Å². The Bertz CT molecular complexity index is 179. The third kappa shape index (κ3) is 1.62. The maximum atomic E-state index is 11.9. The van der Waals surface area contributed by atoms with Crippen molar-refractivity contribution in [2.45, 2.75) is 12.6 Å². The Balaban J connectivity index is 2.61. The molecule has 1 fully saturated rings. The fraction of sp³-hybridized carbons (Fsp3) is 0.800. The van der Waals surface area contributed by atoms with Crippen LogP contribution in [0.15, 0.2) is 0 Å². The number of hydrogen-bond acceptors (Lipinski definition) is 2. The Hall–Kier alpha value is -0.780. The number of nitrogens with zero attached hydrogens (tertiary/aromatic N) is 1. The van der Waals surface area contributed by atoms with Gasteiger partial charge in [0.1, 0.15) is 5.84 Å². The summed E-state index contributed by atoms with van der Waals surface area (Å²) < 4.78 is 35.6. The number of hydrogen-bond donors (Lipinski definition) is 2. The van der Waals surface area contributed by atoms with Gasteiger partial charge >= 0.3 is 6.18 Å². The Morgan fingerprint density at radius 3 is 2.27 bits per heavy atom. The molecule has 64 valence electrons. The summed E-state index contributed by atoms with van der Waals surface area (Å²) in [5.74, 6) is -1.95. The topological polar surface area (TPSA) is 47.3 Å². The first kappa shape index (κ1) is 8.32. The molecule has 2 N–H and O–H groups in total. The van der Waals surface area contributed by atoms with Gasteiger partial charge in [0.2, 0.25) is 0 Å². The minimum atomic E-state index is -4.30. The molecule has 0 aliphatic carbocycles. The summed E-state index contributed by atoms with van der Waals surface area (Å²) in [6.45, 7) is -0.512. The minimum Gasteiger partial charge on any atom is -0.287 e. The van der Waals surface area contributed by atoms with Gasteiger partial charge in [-0.25, -0.2) is 5.06 Å². The van der Waals surface area contributed by atoms with Crippen LogP contribution in [0.4, 0.5) is 13.2 Å². The molecule has 11 heavy (non-hydrogen) atoms. The molecule has 0 bridgehead atoms. The lowest BCUT2D eigenvalue weighted by Gasteiger charge is -2.12. The van der Waals surface area contributed by atoms with Crippen LogP contribution in [0.25, 0.3) is 0 Å². The highest BCUT2D eigenvalue weighted by molar-refractivity contribution is 5.80. The first-order valence-electron chi connectivity index (χ1n) is 3.02. The molecule has 0 amide bonds. The molecule has 1 atom stereocenters. The van der Waals surface area contributed by atoms with Crippen molar-refractivity contribution >= 4 is 5.84 Å². The Kier molecular flexibility index (Phi) is 1.79. The SMILES string of the molecule is N=C1CC(C(F)(F)F)CN1O. The van der Waals surface area contributed by atoms with E-state index in [1.165, 1.54) is 0 Å². The maximum Gasteiger partial charge on any atom is 0.394 e. The van der Waals surface area contributed by atoms with Gasteiger partial charge in [-0.05, 0) is 0 Å². The van der Waals surface area contributed by atoms with E-state index in [9.17, 15) is 13.2 Å². The van der Waals surface area contributed by atoms with Crippen molar-refractivity contribution in [3.8, 4) is 0 Å². The number of halogens is 3. The van der Waals surface area contributed by atoms with Gasteiger partial charge in [-0.15, -0.1) is 0 Å². The van der Waals surface area contributed by atoms with Crippen LogP contribution >= 0.6 is 0 Å². The van der Waals surface area contributed by atoms with Crippen LogP contribution < -0.4 is 0 Å². The van der Waals surface area contributed by atoms with Crippen molar-refractivity contribution in [3.05, 3.63) is 0 Å². The van der Waals surface area contributed by atoms with Crippen LogP contribution in [0.5, 0.6) is 0 Å². The van der Waals surface area contributed by atoms with Crippen LogP contribution in [-0.2, 0) is 0 Å². The van der Waals surface area contributed by atoms with Gasteiger partial charge in [-0.2, -0.15) is 13.2 Å². The predicted molar refractivity (Wildman–Crippen MR) is 30.4 cm³/mol. The van der Waals surface area contributed by atoms with E-state index in [1.807, 2.05) is 0 Å². The number of rotatable bonds is 0. The first-order valence-corrected chi connectivity index (χ1v) is 3.02. The second-order valence-corrected chi connectivity index (χ2v) is 2.47. The van der Waals surface area contributed by atoms with E-state index in [4.69, 9.17) is 10.6 Å². The van der Waals surface area contributed by atoms with E-state index in [-0.39, 0.29) is 5.84 Å². The van der Waals surface area contributed by atoms with Gasteiger partial charge < -0.3 is 0 Å². The fourth-order valence-corrected chi connectivity index (χ4v) is 0.942. The Morgan fingerprint density at radius 1 is 1.55 bits per heavy atom. The molecular formula is C5H7F3N2O. The van der Waals surface area contributed by atoms with E-state index < -0.39 is 25.1 Å². The molecule has 6 heteroatoms. The largest absolute Gasteiger partial charge is 0.394 e. The molecule has 1 aliphatic rings. The highest BCUT2D eigenvalue weighted by atomic mass is 19.4. The third-order valence-electron chi connectivity index (χ3n) is 1.61. The van der Waals surface area contributed by atoms with Crippen molar-refractivity contribution in [2.24, 2.45) is 5.92 Å². The third-order valence-corrected chi connectivity index (χ3v) is 1.61. The second kappa shape index (κ2) is 2.37. The van der Waals surface area contributed by atoms with Gasteiger partial charge in [0.25, 0.3) is 0 Å². The van der Waals surface area contributed by atoms with Gasteiger partial charge in [0.15, 0.2) is 0 Å². The molecule has 1 unspecified atom stereocenters. The summed E-state index contributed by atoms with van der Waals surface area (Å²) in [6.07, 6.45) is -4.72. The lowest BCUT2D eigenvalue weighted by molar-refractivity contribution is -0.178. The van der Waals surface area contributed by atoms with Crippen molar-refractivity contribution in [1.82, 2.24) is 5.06 Å². The average Bonchev–Trinajstić information content (AvgIpc) is 2.11. The normalized spacial score (nSPS) is 26.4. The van der Waals surface area contributed by atoms with Crippen molar-refractivity contribution in [1.29, 1.82) is 5.41 Å². The summed E-state index contributed by atoms with van der Waals surface area (Å²) in [6, 6.07) is 0. The molecule has 1 rings (SSSR count). The van der Waals surface area contributed by atoms with Crippen molar-refractivity contribution < 1.29 is 18.4 Å². The van der Waals surface area contributed by atoms with Crippen molar-refractivity contribution in [3.63, 3.8) is 0 Å². The zero-order chi connectivity index (χ0) is 8.65. The molecule has 0 aromatic rings. The van der Waals surface area contributed by atoms with E-state index in [1.54, 1.807) is 0 Å². The van der Waals surface area contributed by atoms with Gasteiger partial charge in [0, 0.05) is 6.42 Å². The molecular weight excluding hydrogens is 161 g/mol. The maximum absolute atomic E-state index is 11.9. The Morgan fingerprint density at radius 2 is 2.09 bits per heavy atom. The minimum absolute atomic E-state index is 0.332. The molecule has 3 nitrogen and oxygen atoms in total. The highest BCUT2D eigenvalue weighted by Gasteiger charge is 2.45. The predicted octanol–water partition coefficient (Wildman–Crippen LogP) is 1.24. The van der Waals surface area contributed by atoms with Crippen LogP contribution in [0.1, 0.15) is 6.42 Å². The number of alkyl halides is 3. The summed E-state index contributed by atoms with van der Waals surface area (Å²) in [4.78, 5) is 0. The lowest BCUT2D eigenvalue weighted by Crippen LogP contribution is -2.26. The van der Waals surface area contributed by atoms with Crippen LogP contribution in [0.2, 0.25) is 0 Å². The summed E-state index contributed by atoms with van der Waals surface area (Å²) in [5.41, 5.74) is 0. The van der Waals surface area contributed by atoms with Gasteiger partial charge in [0.05, 0.1) is 12.5 Å². The molecule has 0 aromatic carbocycles. The van der Waals surface area contributed by atoms with Gasteiger partial charge in [-0.3, -0.25) is 10.6 Å². The van der Waals surface area contributed by atoms with Crippen LogP contribution in [-0.4, -0.2) is 28.8 Å². The van der Waals surface area contributed by atoms with E-state index >= 15 is 0 Å². The number of amidine groups is 1. The average molecular weight is 168 g/mol. The summed E-state index contributed by atoms with van der Waals surface area (Å²) >= 11 is 0. The Labute approximate surface area is 60.9 Å². The van der Waals surface area contributed by atoms with E-state index in [0.29, 0.717) is 5.06 Å². The highest BCUT2D eigenvalue weighted by Crippen LogP contribution is 2.33. The standard InChI is InChI=1S/C5H7F3N2O/c6-5(7,8)3-1-4(9)10(11)2-3/h3,9,11H,1-2H2. The smallest absolute Gasteiger partial charge is 0.287 e. The molecule has 0 spiro atoms. The first-order chi connectivity index (χ1) is 4.91. The summed E-state index contributed by atoms with van der Waals surface area (Å²) in [5, 5.41) is 15.8. The summed E-state index contributed by atoms with van der Waals surface area (Å²) in [7, 11) is 0. The van der Waals surface area contributed by atoms with E-state index in [0.717, 1.165) is 0 Å². The number of nitrogens with one attached hydrogen (secondary N) is 1. The van der Waals surface area contributed by atoms with Crippen LogP contribution in [0, 0.1) is 11.3 Å². The van der Waals surface area contributed by atoms with Crippen LogP contribution in [0.3, 0.4) is 0 Å². The molecule has 1 aliphatic heterocycles. The zero-order valence-electron chi connectivity index (χ0n) is 5.52. The quantitative estimate of drug-likeness (QED) is 0.571. The molecule has 0 saturated carbocycles.